The molecule has 0 spiro atoms. The van der Waals surface area contributed by atoms with E-state index in [0.717, 1.165) is 33.9 Å². The average Bonchev–Trinajstić information content (AvgIpc) is 3.28. The minimum Gasteiger partial charge on any atom is -0.471 e. The van der Waals surface area contributed by atoms with Crippen molar-refractivity contribution in [3.8, 4) is 28.3 Å². The Morgan fingerprint density at radius 2 is 1.58 bits per heavy atom. The lowest BCUT2D eigenvalue weighted by Crippen LogP contribution is -2.17. The zero-order valence-electron chi connectivity index (χ0n) is 17.2. The zero-order chi connectivity index (χ0) is 22.8. The van der Waals surface area contributed by atoms with Gasteiger partial charge in [-0.25, -0.2) is 4.98 Å². The molecule has 164 valence electrons. The first kappa shape index (κ1) is 20.7. The third kappa shape index (κ3) is 4.41. The number of alkyl halides is 3. The topological polar surface area (TPSA) is 52.8 Å². The molecule has 5 rings (SSSR count). The maximum absolute atomic E-state index is 13.2. The molecule has 5 aromatic rings. The van der Waals surface area contributed by atoms with Crippen molar-refractivity contribution < 1.29 is 17.9 Å². The van der Waals surface area contributed by atoms with Crippen LogP contribution in [0.3, 0.4) is 0 Å². The van der Waals surface area contributed by atoms with E-state index in [0.29, 0.717) is 5.56 Å². The van der Waals surface area contributed by atoms with E-state index < -0.39 is 6.30 Å². The van der Waals surface area contributed by atoms with Crippen molar-refractivity contribution in [2.45, 2.75) is 12.9 Å². The molecular formula is C25H17F3N4O. The number of nitrogens with zero attached hydrogens (tertiary/aromatic N) is 4. The van der Waals surface area contributed by atoms with E-state index in [2.05, 4.69) is 15.1 Å². The van der Waals surface area contributed by atoms with E-state index in [1.54, 1.807) is 12.1 Å². The molecule has 0 atom stereocenters. The van der Waals surface area contributed by atoms with Crippen molar-refractivity contribution in [2.24, 2.45) is 0 Å². The lowest BCUT2D eigenvalue weighted by atomic mass is 10.1. The van der Waals surface area contributed by atoms with Crippen LogP contribution in [0.5, 0.6) is 5.88 Å². The van der Waals surface area contributed by atoms with Gasteiger partial charge in [-0.2, -0.15) is 4.68 Å². The summed E-state index contributed by atoms with van der Waals surface area (Å²) in [5.41, 5.74) is 4.25. The Hall–Kier alpha value is -4.20. The molecule has 0 bridgehead atoms. The van der Waals surface area contributed by atoms with Crippen LogP contribution in [0.1, 0.15) is 5.56 Å². The van der Waals surface area contributed by atoms with E-state index in [-0.39, 0.29) is 22.7 Å². The second-order valence-corrected chi connectivity index (χ2v) is 7.37. The molecule has 0 saturated carbocycles. The highest BCUT2D eigenvalue weighted by Crippen LogP contribution is 2.33. The van der Waals surface area contributed by atoms with Gasteiger partial charge in [0.2, 0.25) is 5.88 Å². The molecule has 0 aliphatic heterocycles. The van der Waals surface area contributed by atoms with Crippen molar-refractivity contribution in [1.82, 2.24) is 19.7 Å². The van der Waals surface area contributed by atoms with Crippen molar-refractivity contribution in [3.05, 3.63) is 97.0 Å². The summed E-state index contributed by atoms with van der Waals surface area (Å²) in [5, 5.41) is 4.67. The Morgan fingerprint density at radius 3 is 2.33 bits per heavy atom. The van der Waals surface area contributed by atoms with E-state index in [9.17, 15) is 13.2 Å². The summed E-state index contributed by atoms with van der Waals surface area (Å²) in [4.78, 5) is 8.59. The predicted molar refractivity (Wildman–Crippen MR) is 118 cm³/mol. The van der Waals surface area contributed by atoms with Gasteiger partial charge in [0.05, 0.1) is 16.8 Å². The maximum atomic E-state index is 13.2. The molecule has 0 N–H and O–H groups in total. The van der Waals surface area contributed by atoms with Gasteiger partial charge >= 0.3 is 6.30 Å². The van der Waals surface area contributed by atoms with E-state index >= 15 is 0 Å². The predicted octanol–water partition coefficient (Wildman–Crippen LogP) is 6.22. The van der Waals surface area contributed by atoms with Crippen LogP contribution in [0.4, 0.5) is 13.2 Å². The van der Waals surface area contributed by atoms with Gasteiger partial charge in [0.1, 0.15) is 6.61 Å². The SMILES string of the molecule is FC(F)(F)n1cc(-c2ccncc2)c(OCc2ccc(-c3ccc4ccccc4n3)cc2)n1. The number of hydrogen-bond donors (Lipinski definition) is 0. The summed E-state index contributed by atoms with van der Waals surface area (Å²) in [6, 6.07) is 22.6. The molecule has 3 heterocycles. The lowest BCUT2D eigenvalue weighted by Gasteiger charge is -2.08. The molecule has 0 unspecified atom stereocenters. The monoisotopic (exact) mass is 446 g/mol. The van der Waals surface area contributed by atoms with Gasteiger partial charge in [-0.05, 0) is 35.4 Å². The quantitative estimate of drug-likeness (QED) is 0.322. The number of para-hydroxylation sites is 1. The Labute approximate surface area is 187 Å². The summed E-state index contributed by atoms with van der Waals surface area (Å²) >= 11 is 0. The molecule has 0 aliphatic carbocycles. The Balaban J connectivity index is 1.36. The minimum atomic E-state index is -4.64. The highest BCUT2D eigenvalue weighted by atomic mass is 19.4. The molecule has 0 saturated heterocycles. The normalized spacial score (nSPS) is 11.6. The van der Waals surface area contributed by atoms with Gasteiger partial charge in [0.25, 0.3) is 0 Å². The number of fused-ring (bicyclic) bond motifs is 1. The average molecular weight is 446 g/mol. The molecule has 0 fully saturated rings. The molecule has 33 heavy (non-hydrogen) atoms. The number of halogens is 3. The maximum Gasteiger partial charge on any atom is 0.504 e. The van der Waals surface area contributed by atoms with E-state index in [4.69, 9.17) is 4.74 Å². The van der Waals surface area contributed by atoms with Crippen LogP contribution in [0.2, 0.25) is 0 Å². The summed E-state index contributed by atoms with van der Waals surface area (Å²) in [7, 11) is 0. The molecule has 0 radical (unpaired) electrons. The van der Waals surface area contributed by atoms with Crippen molar-refractivity contribution >= 4 is 10.9 Å². The van der Waals surface area contributed by atoms with Gasteiger partial charge in [0, 0.05) is 29.5 Å². The van der Waals surface area contributed by atoms with Crippen LogP contribution < -0.4 is 4.74 Å². The van der Waals surface area contributed by atoms with Crippen LogP contribution in [-0.2, 0) is 12.9 Å². The van der Waals surface area contributed by atoms with Gasteiger partial charge in [-0.15, -0.1) is 18.3 Å². The summed E-state index contributed by atoms with van der Waals surface area (Å²) in [6.45, 7) is 0.0678. The highest BCUT2D eigenvalue weighted by Gasteiger charge is 2.33. The Morgan fingerprint density at radius 1 is 0.818 bits per heavy atom. The molecule has 2 aromatic carbocycles. The first-order valence-corrected chi connectivity index (χ1v) is 10.1. The zero-order valence-corrected chi connectivity index (χ0v) is 17.2. The van der Waals surface area contributed by atoms with Crippen LogP contribution >= 0.6 is 0 Å². The third-order valence-corrected chi connectivity index (χ3v) is 5.16. The fourth-order valence-electron chi connectivity index (χ4n) is 3.47. The smallest absolute Gasteiger partial charge is 0.471 e. The number of ether oxygens (including phenoxy) is 1. The summed E-state index contributed by atoms with van der Waals surface area (Å²) in [6.07, 6.45) is -0.718. The van der Waals surface area contributed by atoms with Crippen LogP contribution in [-0.4, -0.2) is 19.7 Å². The van der Waals surface area contributed by atoms with Crippen molar-refractivity contribution in [3.63, 3.8) is 0 Å². The second kappa shape index (κ2) is 8.38. The standard InChI is InChI=1S/C25H17F3N4O/c26-25(27,28)32-15-21(18-11-13-29-14-12-18)24(31-32)33-16-17-5-7-20(8-6-17)23-10-9-19-3-1-2-4-22(19)30-23/h1-15H,16H2. The second-order valence-electron chi connectivity index (χ2n) is 7.37. The van der Waals surface area contributed by atoms with Crippen molar-refractivity contribution in [2.75, 3.05) is 0 Å². The number of rotatable bonds is 5. The number of hydrogen-bond acceptors (Lipinski definition) is 4. The number of benzene rings is 2. The van der Waals surface area contributed by atoms with Crippen LogP contribution in [0.15, 0.2) is 91.4 Å². The molecule has 0 amide bonds. The highest BCUT2D eigenvalue weighted by molar-refractivity contribution is 5.81. The van der Waals surface area contributed by atoms with Gasteiger partial charge in [-0.3, -0.25) is 4.98 Å². The van der Waals surface area contributed by atoms with Gasteiger partial charge in [-0.1, -0.05) is 48.5 Å². The van der Waals surface area contributed by atoms with Crippen molar-refractivity contribution in [1.29, 1.82) is 0 Å². The molecule has 5 nitrogen and oxygen atoms in total. The first-order chi connectivity index (χ1) is 16.0. The fourth-order valence-corrected chi connectivity index (χ4v) is 3.47. The minimum absolute atomic E-state index is 0.0490. The first-order valence-electron chi connectivity index (χ1n) is 10.1. The van der Waals surface area contributed by atoms with E-state index in [1.165, 1.54) is 12.4 Å². The number of aromatic nitrogens is 4. The third-order valence-electron chi connectivity index (χ3n) is 5.16. The van der Waals surface area contributed by atoms with Gasteiger partial charge in [0.15, 0.2) is 0 Å². The van der Waals surface area contributed by atoms with Gasteiger partial charge < -0.3 is 4.74 Å². The summed E-state index contributed by atoms with van der Waals surface area (Å²) < 4.78 is 45.2. The van der Waals surface area contributed by atoms with E-state index in [1.807, 2.05) is 60.7 Å². The summed E-state index contributed by atoms with van der Waals surface area (Å²) in [5.74, 6) is -0.0983. The molecule has 0 aliphatic rings. The lowest BCUT2D eigenvalue weighted by molar-refractivity contribution is -0.212. The molecule has 3 aromatic heterocycles. The number of pyridine rings is 2. The Kier molecular flexibility index (Phi) is 5.26. The van der Waals surface area contributed by atoms with Crippen LogP contribution in [0, 0.1) is 0 Å². The Bertz CT molecular complexity index is 1400. The molecule has 8 heteroatoms. The largest absolute Gasteiger partial charge is 0.504 e. The molecular weight excluding hydrogens is 429 g/mol. The van der Waals surface area contributed by atoms with Crippen LogP contribution in [0.25, 0.3) is 33.3 Å². The fraction of sp³-hybridized carbons (Fsp3) is 0.0800.